The molecule has 0 spiro atoms. The van der Waals surface area contributed by atoms with Crippen LogP contribution in [0, 0.1) is 12.8 Å². The normalized spacial score (nSPS) is 17.8. The number of aromatic nitrogens is 1. The van der Waals surface area contributed by atoms with Crippen LogP contribution in [-0.2, 0) is 11.2 Å². The van der Waals surface area contributed by atoms with Gasteiger partial charge in [-0.2, -0.15) is 0 Å². The van der Waals surface area contributed by atoms with Crippen molar-refractivity contribution in [3.63, 3.8) is 0 Å². The summed E-state index contributed by atoms with van der Waals surface area (Å²) < 4.78 is 0. The third-order valence-corrected chi connectivity index (χ3v) is 3.66. The van der Waals surface area contributed by atoms with Gasteiger partial charge in [0.25, 0.3) is 0 Å². The number of carboxylic acid groups (broad SMARTS) is 1. The molecule has 0 radical (unpaired) electrons. The lowest BCUT2D eigenvalue weighted by Gasteiger charge is -2.16. The summed E-state index contributed by atoms with van der Waals surface area (Å²) in [6.45, 7) is 3.35. The van der Waals surface area contributed by atoms with E-state index in [2.05, 4.69) is 10.3 Å². The van der Waals surface area contributed by atoms with Gasteiger partial charge in [-0.3, -0.25) is 9.78 Å². The highest BCUT2D eigenvalue weighted by Crippen LogP contribution is 2.16. The molecule has 1 unspecified atom stereocenters. The van der Waals surface area contributed by atoms with Crippen LogP contribution in [0.1, 0.15) is 24.2 Å². The third kappa shape index (κ3) is 4.44. The molecule has 6 heteroatoms. The first-order valence-corrected chi connectivity index (χ1v) is 7.24. The Hall–Kier alpha value is -2.11. The van der Waals surface area contributed by atoms with E-state index in [4.69, 9.17) is 5.11 Å². The molecule has 0 saturated carbocycles. The Morgan fingerprint density at radius 2 is 2.29 bits per heavy atom. The molecule has 1 saturated heterocycles. The number of urea groups is 1. The molecule has 21 heavy (non-hydrogen) atoms. The second kappa shape index (κ2) is 7.06. The molecule has 2 rings (SSSR count). The van der Waals surface area contributed by atoms with Crippen LogP contribution >= 0.6 is 0 Å². The number of hydrogen-bond donors (Lipinski definition) is 2. The molecule has 2 N–H and O–H groups in total. The zero-order valence-electron chi connectivity index (χ0n) is 12.2. The Bertz CT molecular complexity index is 519. The van der Waals surface area contributed by atoms with E-state index in [0.717, 1.165) is 24.2 Å². The molecule has 0 bridgehead atoms. The number of pyridine rings is 1. The van der Waals surface area contributed by atoms with Gasteiger partial charge in [0.2, 0.25) is 0 Å². The van der Waals surface area contributed by atoms with Crippen LogP contribution < -0.4 is 5.32 Å². The predicted octanol–water partition coefficient (Wildman–Crippen LogP) is 1.44. The second-order valence-electron chi connectivity index (χ2n) is 5.38. The molecule has 1 aliphatic heterocycles. The lowest BCUT2D eigenvalue weighted by atomic mass is 10.1. The van der Waals surface area contributed by atoms with Gasteiger partial charge in [0.05, 0.1) is 5.92 Å². The van der Waals surface area contributed by atoms with Gasteiger partial charge in [-0.15, -0.1) is 0 Å². The molecule has 1 aromatic heterocycles. The van der Waals surface area contributed by atoms with Gasteiger partial charge in [-0.1, -0.05) is 6.07 Å². The Morgan fingerprint density at radius 1 is 1.48 bits per heavy atom. The van der Waals surface area contributed by atoms with Crippen molar-refractivity contribution in [2.75, 3.05) is 19.6 Å². The Balaban J connectivity index is 1.67. The maximum Gasteiger partial charge on any atom is 0.317 e. The van der Waals surface area contributed by atoms with Crippen molar-refractivity contribution in [3.05, 3.63) is 29.6 Å². The summed E-state index contributed by atoms with van der Waals surface area (Å²) >= 11 is 0. The number of carbonyl (C=O) groups is 2. The van der Waals surface area contributed by atoms with Gasteiger partial charge < -0.3 is 15.3 Å². The number of likely N-dealkylation sites (tertiary alicyclic amines) is 1. The molecule has 1 fully saturated rings. The molecule has 6 nitrogen and oxygen atoms in total. The Morgan fingerprint density at radius 3 is 2.95 bits per heavy atom. The van der Waals surface area contributed by atoms with Gasteiger partial charge in [0.1, 0.15) is 0 Å². The zero-order valence-corrected chi connectivity index (χ0v) is 12.2. The predicted molar refractivity (Wildman–Crippen MR) is 78.0 cm³/mol. The monoisotopic (exact) mass is 291 g/mol. The molecule has 2 amide bonds. The third-order valence-electron chi connectivity index (χ3n) is 3.66. The fourth-order valence-electron chi connectivity index (χ4n) is 2.46. The highest BCUT2D eigenvalue weighted by atomic mass is 16.4. The first kappa shape index (κ1) is 15.3. The number of aryl methyl sites for hydroxylation is 2. The number of amides is 2. The molecular weight excluding hydrogens is 270 g/mol. The summed E-state index contributed by atoms with van der Waals surface area (Å²) in [7, 11) is 0. The van der Waals surface area contributed by atoms with Crippen molar-refractivity contribution < 1.29 is 14.7 Å². The lowest BCUT2D eigenvalue weighted by molar-refractivity contribution is -0.141. The van der Waals surface area contributed by atoms with Crippen molar-refractivity contribution in [1.82, 2.24) is 15.2 Å². The van der Waals surface area contributed by atoms with Crippen molar-refractivity contribution in [1.29, 1.82) is 0 Å². The Labute approximate surface area is 124 Å². The van der Waals surface area contributed by atoms with Crippen molar-refractivity contribution in [3.8, 4) is 0 Å². The van der Waals surface area contributed by atoms with E-state index in [1.165, 1.54) is 0 Å². The van der Waals surface area contributed by atoms with Gasteiger partial charge in [-0.05, 0) is 38.3 Å². The van der Waals surface area contributed by atoms with Gasteiger partial charge in [0.15, 0.2) is 0 Å². The number of carboxylic acids is 1. The molecule has 1 atom stereocenters. The fourth-order valence-corrected chi connectivity index (χ4v) is 2.46. The topological polar surface area (TPSA) is 82.5 Å². The minimum Gasteiger partial charge on any atom is -0.481 e. The first-order valence-electron chi connectivity index (χ1n) is 7.24. The van der Waals surface area contributed by atoms with E-state index in [-0.39, 0.29) is 6.03 Å². The zero-order chi connectivity index (χ0) is 15.2. The summed E-state index contributed by atoms with van der Waals surface area (Å²) in [6.07, 6.45) is 2.17. The lowest BCUT2D eigenvalue weighted by Crippen LogP contribution is -2.39. The standard InChI is InChI=1S/C15H21N3O3/c1-11-4-2-5-13(17-11)6-3-8-16-15(21)18-9-7-12(10-18)14(19)20/h2,4-5,12H,3,6-10H2,1H3,(H,16,21)(H,19,20). The van der Waals surface area contributed by atoms with E-state index in [0.29, 0.717) is 26.1 Å². The summed E-state index contributed by atoms with van der Waals surface area (Å²) in [5.74, 6) is -1.25. The summed E-state index contributed by atoms with van der Waals surface area (Å²) in [5.41, 5.74) is 2.02. The van der Waals surface area contributed by atoms with Crippen LogP contribution in [0.4, 0.5) is 4.79 Å². The number of nitrogens with zero attached hydrogens (tertiary/aromatic N) is 2. The molecule has 1 aromatic rings. The molecular formula is C15H21N3O3. The minimum atomic E-state index is -0.823. The average Bonchev–Trinajstić information content (AvgIpc) is 2.93. The van der Waals surface area contributed by atoms with Crippen LogP contribution in [-0.4, -0.2) is 46.6 Å². The van der Waals surface area contributed by atoms with Crippen molar-refractivity contribution in [2.24, 2.45) is 5.92 Å². The molecule has 2 heterocycles. The van der Waals surface area contributed by atoms with E-state index in [1.54, 1.807) is 4.90 Å². The van der Waals surface area contributed by atoms with Crippen molar-refractivity contribution in [2.45, 2.75) is 26.2 Å². The fraction of sp³-hybridized carbons (Fsp3) is 0.533. The van der Waals surface area contributed by atoms with Crippen LogP contribution in [0.5, 0.6) is 0 Å². The maximum absolute atomic E-state index is 11.9. The quantitative estimate of drug-likeness (QED) is 0.804. The van der Waals surface area contributed by atoms with Gasteiger partial charge >= 0.3 is 12.0 Å². The minimum absolute atomic E-state index is 0.170. The van der Waals surface area contributed by atoms with Crippen molar-refractivity contribution >= 4 is 12.0 Å². The maximum atomic E-state index is 11.9. The smallest absolute Gasteiger partial charge is 0.317 e. The molecule has 1 aliphatic rings. The van der Waals surface area contributed by atoms with Gasteiger partial charge in [-0.25, -0.2) is 4.79 Å². The largest absolute Gasteiger partial charge is 0.481 e. The number of rotatable bonds is 5. The van der Waals surface area contributed by atoms with Crippen LogP contribution in [0.25, 0.3) is 0 Å². The number of hydrogen-bond acceptors (Lipinski definition) is 3. The molecule has 0 aromatic carbocycles. The van der Waals surface area contributed by atoms with Crippen LogP contribution in [0.2, 0.25) is 0 Å². The van der Waals surface area contributed by atoms with E-state index in [1.807, 2.05) is 25.1 Å². The molecule has 114 valence electrons. The number of carbonyl (C=O) groups excluding carboxylic acids is 1. The number of aliphatic carboxylic acids is 1. The SMILES string of the molecule is Cc1cccc(CCCNC(=O)N2CCC(C(=O)O)C2)n1. The van der Waals surface area contributed by atoms with Gasteiger partial charge in [0, 0.05) is 31.0 Å². The number of nitrogens with one attached hydrogen (secondary N) is 1. The van der Waals surface area contributed by atoms with Crippen LogP contribution in [0.3, 0.4) is 0 Å². The summed E-state index contributed by atoms with van der Waals surface area (Å²) in [5, 5.41) is 11.7. The average molecular weight is 291 g/mol. The van der Waals surface area contributed by atoms with Crippen LogP contribution in [0.15, 0.2) is 18.2 Å². The second-order valence-corrected chi connectivity index (χ2v) is 5.38. The van der Waals surface area contributed by atoms with E-state index >= 15 is 0 Å². The summed E-state index contributed by atoms with van der Waals surface area (Å²) in [4.78, 5) is 28.7. The summed E-state index contributed by atoms with van der Waals surface area (Å²) in [6, 6.07) is 5.74. The Kier molecular flexibility index (Phi) is 5.14. The molecule has 0 aliphatic carbocycles. The van der Waals surface area contributed by atoms with E-state index in [9.17, 15) is 9.59 Å². The highest BCUT2D eigenvalue weighted by molar-refractivity contribution is 5.77. The highest BCUT2D eigenvalue weighted by Gasteiger charge is 2.30. The first-order chi connectivity index (χ1) is 10.1. The van der Waals surface area contributed by atoms with E-state index < -0.39 is 11.9 Å².